The Labute approximate surface area is 127 Å². The first kappa shape index (κ1) is 13.2. The average molecular weight is 298 g/mol. The van der Waals surface area contributed by atoms with Crippen molar-refractivity contribution in [3.63, 3.8) is 0 Å². The van der Waals surface area contributed by atoms with Crippen LogP contribution in [0.5, 0.6) is 0 Å². The topological polar surface area (TPSA) is 77.0 Å². The van der Waals surface area contributed by atoms with Gasteiger partial charge in [-0.15, -0.1) is 20.4 Å². The molecule has 114 valence electrons. The minimum Gasteiger partial charge on any atom is -0.353 e. The van der Waals surface area contributed by atoms with E-state index in [4.69, 9.17) is 0 Å². The van der Waals surface area contributed by atoms with Crippen molar-refractivity contribution >= 4 is 11.5 Å². The number of nitrogens with zero attached hydrogens (tertiary/aromatic N) is 8. The van der Waals surface area contributed by atoms with E-state index in [-0.39, 0.29) is 0 Å². The van der Waals surface area contributed by atoms with Crippen LogP contribution in [0.4, 0.5) is 5.82 Å². The predicted molar refractivity (Wildman–Crippen MR) is 80.4 cm³/mol. The summed E-state index contributed by atoms with van der Waals surface area (Å²) in [4.78, 5) is 6.80. The van der Waals surface area contributed by atoms with Crippen molar-refractivity contribution in [1.29, 1.82) is 0 Å². The number of anilines is 1. The second kappa shape index (κ2) is 5.36. The molecule has 8 heteroatoms. The molecule has 1 saturated heterocycles. The normalized spacial score (nSPS) is 16.5. The summed E-state index contributed by atoms with van der Waals surface area (Å²) >= 11 is 0. The molecule has 0 N–H and O–H groups in total. The van der Waals surface area contributed by atoms with Gasteiger partial charge in [-0.1, -0.05) is 0 Å². The molecule has 0 atom stereocenters. The molecule has 22 heavy (non-hydrogen) atoms. The van der Waals surface area contributed by atoms with Crippen LogP contribution in [0.1, 0.15) is 18.7 Å². The molecule has 0 amide bonds. The van der Waals surface area contributed by atoms with Gasteiger partial charge in [0.1, 0.15) is 18.5 Å². The minimum absolute atomic E-state index is 0.650. The lowest BCUT2D eigenvalue weighted by molar-refractivity contribution is 0.392. The van der Waals surface area contributed by atoms with Crippen LogP contribution in [-0.4, -0.2) is 47.4 Å². The Hall–Kier alpha value is -2.51. The molecule has 4 rings (SSSR count). The van der Waals surface area contributed by atoms with E-state index in [1.165, 1.54) is 0 Å². The molecule has 0 bridgehead atoms. The molecule has 1 fully saturated rings. The molecule has 0 aliphatic carbocycles. The van der Waals surface area contributed by atoms with E-state index in [9.17, 15) is 0 Å². The van der Waals surface area contributed by atoms with E-state index in [0.717, 1.165) is 49.6 Å². The van der Waals surface area contributed by atoms with E-state index >= 15 is 0 Å². The van der Waals surface area contributed by atoms with E-state index in [2.05, 4.69) is 30.3 Å². The van der Waals surface area contributed by atoms with Crippen molar-refractivity contribution in [2.24, 2.45) is 13.0 Å². The van der Waals surface area contributed by atoms with Crippen LogP contribution in [0.15, 0.2) is 25.0 Å². The highest BCUT2D eigenvalue weighted by molar-refractivity contribution is 5.63. The number of rotatable bonds is 3. The predicted octanol–water partition coefficient (Wildman–Crippen LogP) is 0.712. The number of fused-ring (bicyclic) bond motifs is 1. The molecule has 0 aromatic carbocycles. The van der Waals surface area contributed by atoms with Gasteiger partial charge in [-0.05, 0) is 18.8 Å². The monoisotopic (exact) mass is 298 g/mol. The summed E-state index contributed by atoms with van der Waals surface area (Å²) in [6.07, 6.45) is 10.4. The van der Waals surface area contributed by atoms with Gasteiger partial charge in [0.25, 0.3) is 0 Å². The fraction of sp³-hybridized carbons (Fsp3) is 0.500. The Morgan fingerprint density at radius 1 is 1.14 bits per heavy atom. The molecule has 3 aromatic rings. The molecule has 0 unspecified atom stereocenters. The van der Waals surface area contributed by atoms with Crippen molar-refractivity contribution in [3.05, 3.63) is 30.9 Å². The third kappa shape index (κ3) is 2.30. The first-order valence-corrected chi connectivity index (χ1v) is 7.53. The summed E-state index contributed by atoms with van der Waals surface area (Å²) in [5.41, 5.74) is 0.828. The van der Waals surface area contributed by atoms with Crippen molar-refractivity contribution in [3.8, 4) is 0 Å². The molecule has 1 aliphatic rings. The Bertz CT molecular complexity index is 768. The zero-order valence-corrected chi connectivity index (χ0v) is 12.5. The summed E-state index contributed by atoms with van der Waals surface area (Å²) < 4.78 is 3.92. The highest BCUT2D eigenvalue weighted by Gasteiger charge is 2.23. The van der Waals surface area contributed by atoms with Gasteiger partial charge in [-0.3, -0.25) is 4.40 Å². The third-order valence-corrected chi connectivity index (χ3v) is 4.39. The lowest BCUT2D eigenvalue weighted by atomic mass is 9.93. The largest absolute Gasteiger partial charge is 0.353 e. The van der Waals surface area contributed by atoms with Crippen LogP contribution < -0.4 is 4.90 Å². The van der Waals surface area contributed by atoms with Crippen LogP contribution in [0.3, 0.4) is 0 Å². The van der Waals surface area contributed by atoms with Crippen LogP contribution in [0.2, 0.25) is 0 Å². The number of hydrogen-bond donors (Lipinski definition) is 0. The van der Waals surface area contributed by atoms with E-state index in [1.807, 2.05) is 22.2 Å². The van der Waals surface area contributed by atoms with Gasteiger partial charge >= 0.3 is 0 Å². The number of piperidine rings is 1. The van der Waals surface area contributed by atoms with Gasteiger partial charge in [0.15, 0.2) is 5.82 Å². The van der Waals surface area contributed by atoms with Crippen LogP contribution >= 0.6 is 0 Å². The molecule has 4 heterocycles. The fourth-order valence-electron chi connectivity index (χ4n) is 3.07. The Balaban J connectivity index is 1.46. The molecule has 0 radical (unpaired) electrons. The van der Waals surface area contributed by atoms with Crippen LogP contribution in [-0.2, 0) is 13.5 Å². The molecule has 1 aliphatic heterocycles. The highest BCUT2D eigenvalue weighted by Crippen LogP contribution is 2.25. The maximum Gasteiger partial charge on any atom is 0.203 e. The zero-order valence-electron chi connectivity index (χ0n) is 12.5. The minimum atomic E-state index is 0.650. The Morgan fingerprint density at radius 2 is 1.95 bits per heavy atom. The van der Waals surface area contributed by atoms with Crippen molar-refractivity contribution in [2.75, 3.05) is 18.0 Å². The standard InChI is InChI=1S/C14H18N8/c1-20-9-16-18-12(20)8-11-2-5-21(6-3-11)13-14-19-17-10-22(14)7-4-15-13/h4,7,9-11H,2-3,5-6,8H2,1H3. The Morgan fingerprint density at radius 3 is 2.73 bits per heavy atom. The van der Waals surface area contributed by atoms with Crippen molar-refractivity contribution in [1.82, 2.24) is 34.3 Å². The summed E-state index contributed by atoms with van der Waals surface area (Å²) in [6.45, 7) is 1.98. The molecule has 0 spiro atoms. The summed E-state index contributed by atoms with van der Waals surface area (Å²) in [7, 11) is 2.00. The highest BCUT2D eigenvalue weighted by atomic mass is 15.3. The SMILES string of the molecule is Cn1cnnc1CC1CCN(c2nccn3cnnc23)CC1. The number of aryl methyl sites for hydroxylation is 1. The third-order valence-electron chi connectivity index (χ3n) is 4.39. The average Bonchev–Trinajstić information content (AvgIpc) is 3.17. The van der Waals surface area contributed by atoms with Gasteiger partial charge in [0, 0.05) is 39.0 Å². The summed E-state index contributed by atoms with van der Waals surface area (Å²) in [6, 6.07) is 0. The van der Waals surface area contributed by atoms with Crippen LogP contribution in [0, 0.1) is 5.92 Å². The van der Waals surface area contributed by atoms with E-state index in [0.29, 0.717) is 5.92 Å². The fourth-order valence-corrected chi connectivity index (χ4v) is 3.07. The lowest BCUT2D eigenvalue weighted by Gasteiger charge is -2.32. The smallest absolute Gasteiger partial charge is 0.203 e. The summed E-state index contributed by atoms with van der Waals surface area (Å²) in [5, 5.41) is 16.3. The first-order chi connectivity index (χ1) is 10.8. The maximum absolute atomic E-state index is 4.49. The zero-order chi connectivity index (χ0) is 14.9. The van der Waals surface area contributed by atoms with Crippen molar-refractivity contribution < 1.29 is 0 Å². The lowest BCUT2D eigenvalue weighted by Crippen LogP contribution is -2.35. The van der Waals surface area contributed by atoms with E-state index < -0.39 is 0 Å². The second-order valence-electron chi connectivity index (χ2n) is 5.81. The van der Waals surface area contributed by atoms with E-state index in [1.54, 1.807) is 18.9 Å². The molecule has 3 aromatic heterocycles. The summed E-state index contributed by atoms with van der Waals surface area (Å²) in [5.74, 6) is 2.64. The molecular formula is C14H18N8. The van der Waals surface area contributed by atoms with Gasteiger partial charge in [-0.2, -0.15) is 0 Å². The first-order valence-electron chi connectivity index (χ1n) is 7.53. The van der Waals surface area contributed by atoms with Crippen LogP contribution in [0.25, 0.3) is 5.65 Å². The van der Waals surface area contributed by atoms with Crippen molar-refractivity contribution in [2.45, 2.75) is 19.3 Å². The van der Waals surface area contributed by atoms with Gasteiger partial charge < -0.3 is 9.47 Å². The quantitative estimate of drug-likeness (QED) is 0.709. The number of hydrogen-bond acceptors (Lipinski definition) is 6. The maximum atomic E-state index is 4.49. The second-order valence-corrected chi connectivity index (χ2v) is 5.81. The molecular weight excluding hydrogens is 280 g/mol. The van der Waals surface area contributed by atoms with Gasteiger partial charge in [0.2, 0.25) is 5.65 Å². The Kier molecular flexibility index (Phi) is 3.21. The van der Waals surface area contributed by atoms with Gasteiger partial charge in [-0.25, -0.2) is 4.98 Å². The van der Waals surface area contributed by atoms with Gasteiger partial charge in [0.05, 0.1) is 0 Å². The number of aromatic nitrogens is 7. The molecule has 8 nitrogen and oxygen atoms in total. The molecule has 0 saturated carbocycles.